The molecule has 0 bridgehead atoms. The van der Waals surface area contributed by atoms with Gasteiger partial charge in [-0.3, -0.25) is 0 Å². The summed E-state index contributed by atoms with van der Waals surface area (Å²) in [5, 5.41) is 0. The van der Waals surface area contributed by atoms with Gasteiger partial charge in [0.05, 0.1) is 0 Å². The van der Waals surface area contributed by atoms with E-state index >= 15 is 0 Å². The van der Waals surface area contributed by atoms with Gasteiger partial charge in [0.25, 0.3) is 0 Å². The molecule has 2 heteroatoms. The molecule has 0 spiro atoms. The summed E-state index contributed by atoms with van der Waals surface area (Å²) in [4.78, 5) is 2.34. The van der Waals surface area contributed by atoms with Gasteiger partial charge in [0, 0.05) is 12.6 Å². The van der Waals surface area contributed by atoms with Crippen LogP contribution in [-0.2, 0) is 0 Å². The summed E-state index contributed by atoms with van der Waals surface area (Å²) in [5.41, 5.74) is 0. The molecule has 0 N–H and O–H groups in total. The molecule has 0 fully saturated rings. The molecule has 1 rings (SSSR count). The Hall–Kier alpha value is -1.02. The van der Waals surface area contributed by atoms with E-state index in [2.05, 4.69) is 32.7 Å². The molecule has 0 aromatic heterocycles. The molecule has 1 atom stereocenters. The smallest absolute Gasteiger partial charge is 0.119 e. The number of benzene rings is 1. The van der Waals surface area contributed by atoms with Gasteiger partial charge in [-0.25, -0.2) is 0 Å². The second kappa shape index (κ2) is 6.54. The van der Waals surface area contributed by atoms with Crippen molar-refractivity contribution in [3.8, 4) is 5.75 Å². The SMILES string of the molecule is CC(C)C(C)N(C)CCOc1ccccc1. The van der Waals surface area contributed by atoms with Gasteiger partial charge in [-0.1, -0.05) is 32.0 Å². The molecule has 16 heavy (non-hydrogen) atoms. The first-order valence-corrected chi connectivity index (χ1v) is 5.99. The minimum absolute atomic E-state index is 0.597. The third-order valence-corrected chi connectivity index (χ3v) is 3.12. The van der Waals surface area contributed by atoms with E-state index in [1.807, 2.05) is 30.3 Å². The van der Waals surface area contributed by atoms with Crippen molar-refractivity contribution in [2.24, 2.45) is 5.92 Å². The third-order valence-electron chi connectivity index (χ3n) is 3.12. The van der Waals surface area contributed by atoms with Gasteiger partial charge in [-0.2, -0.15) is 0 Å². The highest BCUT2D eigenvalue weighted by Crippen LogP contribution is 2.10. The van der Waals surface area contributed by atoms with Gasteiger partial charge in [0.15, 0.2) is 0 Å². The van der Waals surface area contributed by atoms with Crippen molar-refractivity contribution >= 4 is 0 Å². The lowest BCUT2D eigenvalue weighted by molar-refractivity contribution is 0.170. The number of nitrogens with zero attached hydrogens (tertiary/aromatic N) is 1. The quantitative estimate of drug-likeness (QED) is 0.732. The van der Waals surface area contributed by atoms with Crippen LogP contribution in [-0.4, -0.2) is 31.1 Å². The van der Waals surface area contributed by atoms with Crippen molar-refractivity contribution in [3.63, 3.8) is 0 Å². The molecule has 2 nitrogen and oxygen atoms in total. The van der Waals surface area contributed by atoms with E-state index in [0.29, 0.717) is 12.0 Å². The van der Waals surface area contributed by atoms with Crippen LogP contribution in [0.25, 0.3) is 0 Å². The van der Waals surface area contributed by atoms with Crippen LogP contribution >= 0.6 is 0 Å². The Labute approximate surface area is 99.2 Å². The van der Waals surface area contributed by atoms with E-state index in [0.717, 1.165) is 18.9 Å². The average molecular weight is 221 g/mol. The van der Waals surface area contributed by atoms with E-state index in [4.69, 9.17) is 4.74 Å². The van der Waals surface area contributed by atoms with Gasteiger partial charge in [-0.05, 0) is 32.0 Å². The molecule has 1 aromatic rings. The topological polar surface area (TPSA) is 12.5 Å². The number of hydrogen-bond acceptors (Lipinski definition) is 2. The van der Waals surface area contributed by atoms with E-state index in [1.54, 1.807) is 0 Å². The lowest BCUT2D eigenvalue weighted by Crippen LogP contribution is -2.36. The number of likely N-dealkylation sites (N-methyl/N-ethyl adjacent to an activating group) is 1. The first kappa shape index (κ1) is 13.0. The fourth-order valence-corrected chi connectivity index (χ4v) is 1.54. The Morgan fingerprint density at radius 3 is 2.31 bits per heavy atom. The number of para-hydroxylation sites is 1. The highest BCUT2D eigenvalue weighted by atomic mass is 16.5. The normalized spacial score (nSPS) is 13.1. The zero-order valence-corrected chi connectivity index (χ0v) is 10.8. The van der Waals surface area contributed by atoms with Gasteiger partial charge < -0.3 is 9.64 Å². The maximum atomic E-state index is 5.66. The van der Waals surface area contributed by atoms with Crippen molar-refractivity contribution in [3.05, 3.63) is 30.3 Å². The molecule has 1 aromatic carbocycles. The van der Waals surface area contributed by atoms with Crippen molar-refractivity contribution < 1.29 is 4.74 Å². The molecule has 0 aliphatic carbocycles. The van der Waals surface area contributed by atoms with E-state index in [9.17, 15) is 0 Å². The first-order chi connectivity index (χ1) is 7.61. The Morgan fingerprint density at radius 1 is 1.12 bits per heavy atom. The fourth-order valence-electron chi connectivity index (χ4n) is 1.54. The molecule has 0 radical (unpaired) electrons. The second-order valence-electron chi connectivity index (χ2n) is 4.63. The van der Waals surface area contributed by atoms with Crippen molar-refractivity contribution in [2.45, 2.75) is 26.8 Å². The Kier molecular flexibility index (Phi) is 5.33. The van der Waals surface area contributed by atoms with Gasteiger partial charge in [0.2, 0.25) is 0 Å². The molecular weight excluding hydrogens is 198 g/mol. The monoisotopic (exact) mass is 221 g/mol. The van der Waals surface area contributed by atoms with Crippen molar-refractivity contribution in [1.82, 2.24) is 4.90 Å². The Morgan fingerprint density at radius 2 is 1.75 bits per heavy atom. The predicted octanol–water partition coefficient (Wildman–Crippen LogP) is 3.04. The summed E-state index contributed by atoms with van der Waals surface area (Å²) >= 11 is 0. The Balaban J connectivity index is 2.25. The summed E-state index contributed by atoms with van der Waals surface area (Å²) in [7, 11) is 2.15. The van der Waals surface area contributed by atoms with Crippen LogP contribution in [0.15, 0.2) is 30.3 Å². The summed E-state index contributed by atoms with van der Waals surface area (Å²) in [6.45, 7) is 8.47. The third kappa shape index (κ3) is 4.23. The zero-order chi connectivity index (χ0) is 12.0. The minimum Gasteiger partial charge on any atom is -0.492 e. The van der Waals surface area contributed by atoms with Crippen LogP contribution < -0.4 is 4.74 Å². The summed E-state index contributed by atoms with van der Waals surface area (Å²) in [6, 6.07) is 10.6. The van der Waals surface area contributed by atoms with Crippen molar-refractivity contribution in [1.29, 1.82) is 0 Å². The molecule has 0 aliphatic heterocycles. The standard InChI is InChI=1S/C14H23NO/c1-12(2)13(3)15(4)10-11-16-14-8-6-5-7-9-14/h5-9,12-13H,10-11H2,1-4H3. The fraction of sp³-hybridized carbons (Fsp3) is 0.571. The summed E-state index contributed by atoms with van der Waals surface area (Å²) in [5.74, 6) is 1.63. The largest absolute Gasteiger partial charge is 0.492 e. The molecule has 0 aliphatic rings. The lowest BCUT2D eigenvalue weighted by atomic mass is 10.1. The van der Waals surface area contributed by atoms with E-state index in [1.165, 1.54) is 0 Å². The molecule has 0 heterocycles. The summed E-state index contributed by atoms with van der Waals surface area (Å²) in [6.07, 6.45) is 0. The van der Waals surface area contributed by atoms with Crippen LogP contribution in [0.4, 0.5) is 0 Å². The number of hydrogen-bond donors (Lipinski definition) is 0. The van der Waals surface area contributed by atoms with Crippen LogP contribution in [0.1, 0.15) is 20.8 Å². The molecule has 0 amide bonds. The first-order valence-electron chi connectivity index (χ1n) is 5.99. The van der Waals surface area contributed by atoms with Crippen molar-refractivity contribution in [2.75, 3.05) is 20.2 Å². The lowest BCUT2D eigenvalue weighted by Gasteiger charge is -2.27. The number of rotatable bonds is 6. The predicted molar refractivity (Wildman–Crippen MR) is 68.9 cm³/mol. The molecule has 90 valence electrons. The maximum absolute atomic E-state index is 5.66. The van der Waals surface area contributed by atoms with Gasteiger partial charge >= 0.3 is 0 Å². The van der Waals surface area contributed by atoms with Crippen LogP contribution in [0.5, 0.6) is 5.75 Å². The molecular formula is C14H23NO. The maximum Gasteiger partial charge on any atom is 0.119 e. The molecule has 0 saturated carbocycles. The Bertz CT molecular complexity index is 284. The highest BCUT2D eigenvalue weighted by molar-refractivity contribution is 5.20. The van der Waals surface area contributed by atoms with E-state index in [-0.39, 0.29) is 0 Å². The zero-order valence-electron chi connectivity index (χ0n) is 10.8. The van der Waals surface area contributed by atoms with Crippen LogP contribution in [0.3, 0.4) is 0 Å². The van der Waals surface area contributed by atoms with Crippen LogP contribution in [0.2, 0.25) is 0 Å². The minimum atomic E-state index is 0.597. The molecule has 1 unspecified atom stereocenters. The van der Waals surface area contributed by atoms with Gasteiger partial charge in [-0.15, -0.1) is 0 Å². The van der Waals surface area contributed by atoms with Crippen LogP contribution in [0, 0.1) is 5.92 Å². The van der Waals surface area contributed by atoms with Gasteiger partial charge in [0.1, 0.15) is 12.4 Å². The number of ether oxygens (including phenoxy) is 1. The average Bonchev–Trinajstić information content (AvgIpc) is 2.29. The second-order valence-corrected chi connectivity index (χ2v) is 4.63. The molecule has 0 saturated heterocycles. The highest BCUT2D eigenvalue weighted by Gasteiger charge is 2.12. The van der Waals surface area contributed by atoms with E-state index < -0.39 is 0 Å². The summed E-state index contributed by atoms with van der Waals surface area (Å²) < 4.78 is 5.66.